The Morgan fingerprint density at radius 1 is 1.38 bits per heavy atom. The Bertz CT molecular complexity index is 160. The van der Waals surface area contributed by atoms with Gasteiger partial charge in [-0.05, 0) is 0 Å². The molecule has 0 saturated heterocycles. The molecule has 0 aliphatic carbocycles. The Morgan fingerprint density at radius 2 is 2.00 bits per heavy atom. The molecule has 0 spiro atoms. The standard InChI is InChI=1S/C6H11F3N2O2/c7-6(8,9)4-11-5(13)3-10-1-2-12/h10,12H,1-4H2,(H,11,13). The normalized spacial score (nSPS) is 11.4. The number of halogens is 3. The van der Waals surface area contributed by atoms with Gasteiger partial charge in [-0.25, -0.2) is 0 Å². The van der Waals surface area contributed by atoms with Crippen molar-refractivity contribution in [1.82, 2.24) is 10.6 Å². The molecule has 0 aliphatic heterocycles. The van der Waals surface area contributed by atoms with Crippen molar-refractivity contribution in [3.63, 3.8) is 0 Å². The highest BCUT2D eigenvalue weighted by Crippen LogP contribution is 2.11. The van der Waals surface area contributed by atoms with E-state index in [1.54, 1.807) is 5.32 Å². The third-order valence-electron chi connectivity index (χ3n) is 1.06. The molecule has 7 heteroatoms. The number of aliphatic hydroxyl groups excluding tert-OH is 1. The molecular weight excluding hydrogens is 189 g/mol. The highest BCUT2D eigenvalue weighted by atomic mass is 19.4. The molecule has 0 heterocycles. The van der Waals surface area contributed by atoms with E-state index < -0.39 is 18.6 Å². The van der Waals surface area contributed by atoms with Gasteiger partial charge in [-0.3, -0.25) is 4.79 Å². The molecule has 4 nitrogen and oxygen atoms in total. The van der Waals surface area contributed by atoms with Gasteiger partial charge in [-0.2, -0.15) is 13.2 Å². The van der Waals surface area contributed by atoms with Crippen LogP contribution in [0.15, 0.2) is 0 Å². The predicted molar refractivity (Wildman–Crippen MR) is 39.0 cm³/mol. The quantitative estimate of drug-likeness (QED) is 0.511. The minimum atomic E-state index is -4.38. The first-order valence-corrected chi connectivity index (χ1v) is 3.61. The Morgan fingerprint density at radius 3 is 2.46 bits per heavy atom. The van der Waals surface area contributed by atoms with Crippen molar-refractivity contribution in [2.24, 2.45) is 0 Å². The summed E-state index contributed by atoms with van der Waals surface area (Å²) in [7, 11) is 0. The molecule has 3 N–H and O–H groups in total. The minimum absolute atomic E-state index is 0.160. The van der Waals surface area contributed by atoms with E-state index in [0.717, 1.165) is 0 Å². The van der Waals surface area contributed by atoms with Crippen LogP contribution in [0.4, 0.5) is 13.2 Å². The summed E-state index contributed by atoms with van der Waals surface area (Å²) in [4.78, 5) is 10.6. The number of alkyl halides is 3. The summed E-state index contributed by atoms with van der Waals surface area (Å²) in [6, 6.07) is 0. The van der Waals surface area contributed by atoms with Gasteiger partial charge in [0.25, 0.3) is 0 Å². The van der Waals surface area contributed by atoms with Crippen LogP contribution in [0, 0.1) is 0 Å². The van der Waals surface area contributed by atoms with Gasteiger partial charge in [-0.1, -0.05) is 0 Å². The molecule has 13 heavy (non-hydrogen) atoms. The first kappa shape index (κ1) is 12.2. The molecule has 0 aliphatic rings. The molecule has 0 bridgehead atoms. The zero-order valence-corrected chi connectivity index (χ0v) is 6.82. The molecular formula is C6H11F3N2O2. The summed E-state index contributed by atoms with van der Waals surface area (Å²) in [6.45, 7) is -1.53. The molecule has 1 amide bonds. The third kappa shape index (κ3) is 9.09. The Kier molecular flexibility index (Phi) is 5.40. The summed E-state index contributed by atoms with van der Waals surface area (Å²) >= 11 is 0. The molecule has 78 valence electrons. The molecule has 0 aromatic heterocycles. The second kappa shape index (κ2) is 5.76. The van der Waals surface area contributed by atoms with Gasteiger partial charge in [0.05, 0.1) is 13.2 Å². The van der Waals surface area contributed by atoms with Gasteiger partial charge in [0, 0.05) is 6.54 Å². The Balaban J connectivity index is 3.41. The maximum atomic E-state index is 11.5. The number of nitrogens with one attached hydrogen (secondary N) is 2. The van der Waals surface area contributed by atoms with E-state index in [1.807, 2.05) is 0 Å². The average Bonchev–Trinajstić information content (AvgIpc) is 2.00. The molecule has 0 rings (SSSR count). The Hall–Kier alpha value is -0.820. The van der Waals surface area contributed by atoms with Crippen molar-refractivity contribution < 1.29 is 23.1 Å². The zero-order chi connectivity index (χ0) is 10.3. The van der Waals surface area contributed by atoms with Crippen LogP contribution in [0.5, 0.6) is 0 Å². The highest BCUT2D eigenvalue weighted by Gasteiger charge is 2.27. The van der Waals surface area contributed by atoms with E-state index in [2.05, 4.69) is 5.32 Å². The maximum absolute atomic E-state index is 11.5. The molecule has 0 radical (unpaired) electrons. The number of carbonyl (C=O) groups excluding carboxylic acids is 1. The fraction of sp³-hybridized carbons (Fsp3) is 0.833. The van der Waals surface area contributed by atoms with Crippen molar-refractivity contribution in [1.29, 1.82) is 0 Å². The second-order valence-electron chi connectivity index (χ2n) is 2.29. The highest BCUT2D eigenvalue weighted by molar-refractivity contribution is 5.77. The van der Waals surface area contributed by atoms with Crippen LogP contribution in [-0.4, -0.2) is 43.4 Å². The summed E-state index contributed by atoms with van der Waals surface area (Å²) < 4.78 is 34.6. The second-order valence-corrected chi connectivity index (χ2v) is 2.29. The molecule has 0 unspecified atom stereocenters. The van der Waals surface area contributed by atoms with Gasteiger partial charge in [0.2, 0.25) is 5.91 Å². The van der Waals surface area contributed by atoms with Crippen molar-refractivity contribution in [3.05, 3.63) is 0 Å². The summed E-state index contributed by atoms with van der Waals surface area (Å²) in [5, 5.41) is 12.4. The Labute approximate surface area is 73.1 Å². The minimum Gasteiger partial charge on any atom is -0.395 e. The average molecular weight is 200 g/mol. The smallest absolute Gasteiger partial charge is 0.395 e. The van der Waals surface area contributed by atoms with Crippen molar-refractivity contribution in [3.8, 4) is 0 Å². The SMILES string of the molecule is O=C(CNCCO)NCC(F)(F)F. The van der Waals surface area contributed by atoms with E-state index in [1.165, 1.54) is 0 Å². The third-order valence-corrected chi connectivity index (χ3v) is 1.06. The van der Waals surface area contributed by atoms with Crippen LogP contribution in [0.25, 0.3) is 0 Å². The largest absolute Gasteiger partial charge is 0.405 e. The predicted octanol–water partition coefficient (Wildman–Crippen LogP) is -0.753. The van der Waals surface area contributed by atoms with Gasteiger partial charge < -0.3 is 15.7 Å². The van der Waals surface area contributed by atoms with Gasteiger partial charge in [0.15, 0.2) is 0 Å². The molecule has 0 fully saturated rings. The van der Waals surface area contributed by atoms with Gasteiger partial charge >= 0.3 is 6.18 Å². The fourth-order valence-electron chi connectivity index (χ4n) is 0.542. The number of hydrogen-bond acceptors (Lipinski definition) is 3. The van der Waals surface area contributed by atoms with E-state index in [-0.39, 0.29) is 19.7 Å². The van der Waals surface area contributed by atoms with E-state index >= 15 is 0 Å². The van der Waals surface area contributed by atoms with Crippen molar-refractivity contribution in [2.45, 2.75) is 6.18 Å². The number of amides is 1. The van der Waals surface area contributed by atoms with Crippen LogP contribution in [0.2, 0.25) is 0 Å². The van der Waals surface area contributed by atoms with Crippen LogP contribution >= 0.6 is 0 Å². The summed E-state index contributed by atoms with van der Waals surface area (Å²) in [5.74, 6) is -0.745. The monoisotopic (exact) mass is 200 g/mol. The topological polar surface area (TPSA) is 61.4 Å². The summed E-state index contributed by atoms with van der Waals surface area (Å²) in [5.41, 5.74) is 0. The molecule has 0 aromatic rings. The number of hydrogen-bond donors (Lipinski definition) is 3. The molecule has 0 atom stereocenters. The van der Waals surface area contributed by atoms with Crippen LogP contribution in [-0.2, 0) is 4.79 Å². The first-order valence-electron chi connectivity index (χ1n) is 3.61. The maximum Gasteiger partial charge on any atom is 0.405 e. The lowest BCUT2D eigenvalue weighted by atomic mass is 10.5. The van der Waals surface area contributed by atoms with Crippen molar-refractivity contribution in [2.75, 3.05) is 26.2 Å². The number of rotatable bonds is 5. The van der Waals surface area contributed by atoms with Gasteiger partial charge in [0.1, 0.15) is 6.54 Å². The number of aliphatic hydroxyl groups is 1. The first-order chi connectivity index (χ1) is 5.95. The van der Waals surface area contributed by atoms with E-state index in [4.69, 9.17) is 5.11 Å². The lowest BCUT2D eigenvalue weighted by Gasteiger charge is -2.08. The lowest BCUT2D eigenvalue weighted by Crippen LogP contribution is -2.39. The molecule has 0 saturated carbocycles. The number of carbonyl (C=O) groups is 1. The zero-order valence-electron chi connectivity index (χ0n) is 6.82. The lowest BCUT2D eigenvalue weighted by molar-refractivity contribution is -0.137. The van der Waals surface area contributed by atoms with E-state index in [0.29, 0.717) is 0 Å². The van der Waals surface area contributed by atoms with Crippen LogP contribution in [0.1, 0.15) is 0 Å². The van der Waals surface area contributed by atoms with Crippen LogP contribution < -0.4 is 10.6 Å². The van der Waals surface area contributed by atoms with Crippen molar-refractivity contribution >= 4 is 5.91 Å². The fourth-order valence-corrected chi connectivity index (χ4v) is 0.542. The van der Waals surface area contributed by atoms with Gasteiger partial charge in [-0.15, -0.1) is 0 Å². The summed E-state index contributed by atoms with van der Waals surface area (Å²) in [6.07, 6.45) is -4.38. The molecule has 0 aromatic carbocycles. The van der Waals surface area contributed by atoms with Crippen LogP contribution in [0.3, 0.4) is 0 Å². The van der Waals surface area contributed by atoms with E-state index in [9.17, 15) is 18.0 Å².